The molecule has 0 spiro atoms. The average molecular weight is 400 g/mol. The molecule has 1 N–H and O–H groups in total. The Labute approximate surface area is 136 Å². The molecule has 0 aliphatic carbocycles. The fourth-order valence-electron chi connectivity index (χ4n) is 1.89. The van der Waals surface area contributed by atoms with Gasteiger partial charge in [0, 0.05) is 4.47 Å². The van der Waals surface area contributed by atoms with E-state index in [1.54, 1.807) is 0 Å². The van der Waals surface area contributed by atoms with Gasteiger partial charge in [0.15, 0.2) is 0 Å². The van der Waals surface area contributed by atoms with Crippen molar-refractivity contribution in [3.63, 3.8) is 0 Å². The maximum atomic E-state index is 10.5. The Hall–Kier alpha value is -0.840. The van der Waals surface area contributed by atoms with Crippen molar-refractivity contribution >= 4 is 31.9 Å². The summed E-state index contributed by atoms with van der Waals surface area (Å²) in [4.78, 5) is 0. The molecule has 0 amide bonds. The maximum Gasteiger partial charge on any atom is 0.133 e. The molecule has 1 unspecified atom stereocenters. The average Bonchev–Trinajstić information content (AvgIpc) is 2.46. The van der Waals surface area contributed by atoms with Gasteiger partial charge >= 0.3 is 0 Å². The summed E-state index contributed by atoms with van der Waals surface area (Å²) in [5.74, 6) is 0.801. The van der Waals surface area contributed by atoms with Crippen LogP contribution in [0, 0.1) is 0 Å². The van der Waals surface area contributed by atoms with E-state index in [1.807, 2.05) is 42.5 Å². The fraction of sp³-hybridized carbons (Fsp3) is 0.250. The molecule has 0 aromatic heterocycles. The normalized spacial score (nSPS) is 12.2. The molecule has 0 aliphatic rings. The minimum absolute atomic E-state index is 0.665. The molecule has 2 rings (SSSR count). The SMILES string of the molecule is CCCOc1ccc(C(O)c2ccccc2Br)cc1Br. The Kier molecular flexibility index (Phi) is 5.64. The van der Waals surface area contributed by atoms with E-state index in [0.29, 0.717) is 6.61 Å². The standard InChI is InChI=1S/C16H16Br2O2/c1-2-9-20-15-8-7-11(10-14(15)18)16(19)12-5-3-4-6-13(12)17/h3-8,10,16,19H,2,9H2,1H3. The Morgan fingerprint density at radius 1 is 1.10 bits per heavy atom. The minimum atomic E-state index is -0.665. The second-order valence-electron chi connectivity index (χ2n) is 4.46. The van der Waals surface area contributed by atoms with E-state index >= 15 is 0 Å². The van der Waals surface area contributed by atoms with Crippen LogP contribution < -0.4 is 4.74 Å². The lowest BCUT2D eigenvalue weighted by Gasteiger charge is -2.15. The van der Waals surface area contributed by atoms with Gasteiger partial charge in [0.05, 0.1) is 11.1 Å². The van der Waals surface area contributed by atoms with Crippen LogP contribution in [0.25, 0.3) is 0 Å². The van der Waals surface area contributed by atoms with Crippen molar-refractivity contribution in [1.82, 2.24) is 0 Å². The number of hydrogen-bond acceptors (Lipinski definition) is 2. The first kappa shape index (κ1) is 15.5. The number of ether oxygens (including phenoxy) is 1. The summed E-state index contributed by atoms with van der Waals surface area (Å²) in [6.45, 7) is 2.75. The van der Waals surface area contributed by atoms with E-state index in [2.05, 4.69) is 38.8 Å². The molecule has 0 saturated carbocycles. The molecule has 106 valence electrons. The summed E-state index contributed by atoms with van der Waals surface area (Å²) in [6.07, 6.45) is 0.301. The van der Waals surface area contributed by atoms with E-state index in [4.69, 9.17) is 4.74 Å². The van der Waals surface area contributed by atoms with Crippen LogP contribution in [-0.4, -0.2) is 11.7 Å². The maximum absolute atomic E-state index is 10.5. The molecule has 4 heteroatoms. The molecular weight excluding hydrogens is 384 g/mol. The van der Waals surface area contributed by atoms with Gasteiger partial charge in [-0.15, -0.1) is 0 Å². The van der Waals surface area contributed by atoms with Gasteiger partial charge in [-0.2, -0.15) is 0 Å². The molecule has 2 aromatic carbocycles. The number of aliphatic hydroxyl groups is 1. The molecule has 1 atom stereocenters. The van der Waals surface area contributed by atoms with Crippen LogP contribution in [0.4, 0.5) is 0 Å². The Balaban J connectivity index is 2.25. The van der Waals surface area contributed by atoms with Gasteiger partial charge in [0.1, 0.15) is 11.9 Å². The summed E-state index contributed by atoms with van der Waals surface area (Å²) in [7, 11) is 0. The molecule has 20 heavy (non-hydrogen) atoms. The summed E-state index contributed by atoms with van der Waals surface area (Å²) >= 11 is 6.95. The molecule has 2 aromatic rings. The number of benzene rings is 2. The summed E-state index contributed by atoms with van der Waals surface area (Å²) in [5, 5.41) is 10.5. The molecule has 0 radical (unpaired) electrons. The molecular formula is C16H16Br2O2. The van der Waals surface area contributed by atoms with Crippen LogP contribution in [0.3, 0.4) is 0 Å². The van der Waals surface area contributed by atoms with Gasteiger partial charge in [-0.3, -0.25) is 0 Å². The molecule has 0 fully saturated rings. The molecule has 0 aliphatic heterocycles. The predicted molar refractivity (Wildman–Crippen MR) is 88.1 cm³/mol. The second kappa shape index (κ2) is 7.25. The van der Waals surface area contributed by atoms with Gasteiger partial charge < -0.3 is 9.84 Å². The highest BCUT2D eigenvalue weighted by Crippen LogP contribution is 2.33. The zero-order valence-electron chi connectivity index (χ0n) is 11.1. The van der Waals surface area contributed by atoms with Crippen molar-refractivity contribution in [3.8, 4) is 5.75 Å². The highest BCUT2D eigenvalue weighted by atomic mass is 79.9. The van der Waals surface area contributed by atoms with Crippen molar-refractivity contribution in [1.29, 1.82) is 0 Å². The minimum Gasteiger partial charge on any atom is -0.492 e. The predicted octanol–water partition coefficient (Wildman–Crippen LogP) is 5.08. The molecule has 0 saturated heterocycles. The number of rotatable bonds is 5. The second-order valence-corrected chi connectivity index (χ2v) is 6.17. The molecule has 0 heterocycles. The van der Waals surface area contributed by atoms with Gasteiger partial charge in [-0.1, -0.05) is 47.1 Å². The first-order valence-electron chi connectivity index (χ1n) is 6.48. The first-order valence-corrected chi connectivity index (χ1v) is 8.06. The monoisotopic (exact) mass is 398 g/mol. The number of halogens is 2. The lowest BCUT2D eigenvalue weighted by atomic mass is 10.0. The number of aliphatic hydroxyl groups excluding tert-OH is 1. The van der Waals surface area contributed by atoms with Crippen molar-refractivity contribution < 1.29 is 9.84 Å². The third kappa shape index (κ3) is 3.62. The molecule has 2 nitrogen and oxygen atoms in total. The zero-order chi connectivity index (χ0) is 14.5. The van der Waals surface area contributed by atoms with Crippen LogP contribution in [0.5, 0.6) is 5.75 Å². The van der Waals surface area contributed by atoms with Gasteiger partial charge in [0.2, 0.25) is 0 Å². The zero-order valence-corrected chi connectivity index (χ0v) is 14.3. The summed E-state index contributed by atoms with van der Waals surface area (Å²) in [5.41, 5.74) is 1.68. The third-order valence-corrected chi connectivity index (χ3v) is 4.28. The van der Waals surface area contributed by atoms with Crippen LogP contribution >= 0.6 is 31.9 Å². The largest absolute Gasteiger partial charge is 0.492 e. The van der Waals surface area contributed by atoms with Crippen LogP contribution in [0.1, 0.15) is 30.6 Å². The quantitative estimate of drug-likeness (QED) is 0.759. The van der Waals surface area contributed by atoms with Gasteiger partial charge in [0.25, 0.3) is 0 Å². The first-order chi connectivity index (χ1) is 9.63. The highest BCUT2D eigenvalue weighted by molar-refractivity contribution is 9.10. The van der Waals surface area contributed by atoms with E-state index < -0.39 is 6.10 Å². The third-order valence-electron chi connectivity index (χ3n) is 2.93. The van der Waals surface area contributed by atoms with Crippen LogP contribution in [-0.2, 0) is 0 Å². The van der Waals surface area contributed by atoms with Gasteiger partial charge in [-0.25, -0.2) is 0 Å². The van der Waals surface area contributed by atoms with E-state index in [-0.39, 0.29) is 0 Å². The summed E-state index contributed by atoms with van der Waals surface area (Å²) in [6, 6.07) is 13.3. The Morgan fingerprint density at radius 2 is 1.85 bits per heavy atom. The topological polar surface area (TPSA) is 29.5 Å². The fourth-order valence-corrected chi connectivity index (χ4v) is 2.91. The lowest BCUT2D eigenvalue weighted by molar-refractivity contribution is 0.219. The van der Waals surface area contributed by atoms with Crippen LogP contribution in [0.2, 0.25) is 0 Å². The highest BCUT2D eigenvalue weighted by Gasteiger charge is 2.14. The smallest absolute Gasteiger partial charge is 0.133 e. The summed E-state index contributed by atoms with van der Waals surface area (Å²) < 4.78 is 7.37. The Morgan fingerprint density at radius 3 is 2.50 bits per heavy atom. The lowest BCUT2D eigenvalue weighted by Crippen LogP contribution is -2.02. The van der Waals surface area contributed by atoms with E-state index in [9.17, 15) is 5.11 Å². The van der Waals surface area contributed by atoms with Crippen molar-refractivity contribution in [2.75, 3.05) is 6.61 Å². The van der Waals surface area contributed by atoms with Gasteiger partial charge in [-0.05, 0) is 51.7 Å². The molecule has 0 bridgehead atoms. The van der Waals surface area contributed by atoms with Crippen molar-refractivity contribution in [2.45, 2.75) is 19.4 Å². The van der Waals surface area contributed by atoms with E-state index in [1.165, 1.54) is 0 Å². The number of hydrogen-bond donors (Lipinski definition) is 1. The van der Waals surface area contributed by atoms with Crippen molar-refractivity contribution in [2.24, 2.45) is 0 Å². The van der Waals surface area contributed by atoms with E-state index in [0.717, 1.165) is 32.2 Å². The van der Waals surface area contributed by atoms with Crippen LogP contribution in [0.15, 0.2) is 51.4 Å². The van der Waals surface area contributed by atoms with Crippen molar-refractivity contribution in [3.05, 3.63) is 62.5 Å². The Bertz CT molecular complexity index is 584.